The van der Waals surface area contributed by atoms with Crippen molar-refractivity contribution in [1.29, 1.82) is 0 Å². The third-order valence-corrected chi connectivity index (χ3v) is 2.73. The van der Waals surface area contributed by atoms with Crippen LogP contribution in [0.25, 0.3) is 0 Å². The first kappa shape index (κ1) is 10.6. The molecule has 1 atom stereocenters. The van der Waals surface area contributed by atoms with Crippen LogP contribution in [0.5, 0.6) is 0 Å². The molecular formula is C9H8O4S. The van der Waals surface area contributed by atoms with Crippen LogP contribution in [0, 0.1) is 5.41 Å². The van der Waals surface area contributed by atoms with E-state index in [0.717, 1.165) is 0 Å². The van der Waals surface area contributed by atoms with Crippen molar-refractivity contribution in [3.63, 3.8) is 0 Å². The SMILES string of the molecule is CC1(C(=O)O)C=CC=C(C(=O)O)C1=S. The average Bonchev–Trinajstić information content (AvgIpc) is 2.09. The summed E-state index contributed by atoms with van der Waals surface area (Å²) in [7, 11) is 0. The van der Waals surface area contributed by atoms with Crippen molar-refractivity contribution in [3.8, 4) is 0 Å². The molecule has 1 unspecified atom stereocenters. The number of carboxylic acid groups (broad SMARTS) is 2. The normalized spacial score (nSPS) is 25.8. The molecule has 0 saturated carbocycles. The van der Waals surface area contributed by atoms with Crippen molar-refractivity contribution < 1.29 is 19.8 Å². The lowest BCUT2D eigenvalue weighted by molar-refractivity contribution is -0.141. The van der Waals surface area contributed by atoms with Gasteiger partial charge in [-0.05, 0) is 13.0 Å². The summed E-state index contributed by atoms with van der Waals surface area (Å²) >= 11 is 4.83. The third-order valence-electron chi connectivity index (χ3n) is 2.08. The molecule has 0 saturated heterocycles. The summed E-state index contributed by atoms with van der Waals surface area (Å²) in [6.45, 7) is 1.38. The Morgan fingerprint density at radius 3 is 2.43 bits per heavy atom. The molecule has 0 aromatic heterocycles. The largest absolute Gasteiger partial charge is 0.480 e. The van der Waals surface area contributed by atoms with Gasteiger partial charge in [0.1, 0.15) is 5.41 Å². The van der Waals surface area contributed by atoms with Crippen LogP contribution in [0.1, 0.15) is 6.92 Å². The highest BCUT2D eigenvalue weighted by molar-refractivity contribution is 7.81. The summed E-state index contributed by atoms with van der Waals surface area (Å²) in [4.78, 5) is 21.5. The van der Waals surface area contributed by atoms with Gasteiger partial charge in [-0.3, -0.25) is 4.79 Å². The van der Waals surface area contributed by atoms with E-state index < -0.39 is 17.4 Å². The van der Waals surface area contributed by atoms with Gasteiger partial charge in [-0.2, -0.15) is 0 Å². The Labute approximate surface area is 85.5 Å². The molecule has 1 rings (SSSR count). The third kappa shape index (κ3) is 1.46. The molecule has 0 heterocycles. The van der Waals surface area contributed by atoms with Gasteiger partial charge in [0.15, 0.2) is 0 Å². The first-order valence-corrected chi connectivity index (χ1v) is 4.21. The van der Waals surface area contributed by atoms with Crippen LogP contribution in [0.15, 0.2) is 23.8 Å². The number of hydrogen-bond acceptors (Lipinski definition) is 3. The number of carboxylic acids is 2. The Morgan fingerprint density at radius 2 is 2.00 bits per heavy atom. The molecule has 14 heavy (non-hydrogen) atoms. The lowest BCUT2D eigenvalue weighted by Crippen LogP contribution is -2.37. The first-order valence-electron chi connectivity index (χ1n) is 3.80. The van der Waals surface area contributed by atoms with E-state index in [-0.39, 0.29) is 10.4 Å². The van der Waals surface area contributed by atoms with Crippen molar-refractivity contribution in [2.45, 2.75) is 6.92 Å². The smallest absolute Gasteiger partial charge is 0.336 e. The van der Waals surface area contributed by atoms with E-state index in [0.29, 0.717) is 0 Å². The number of allylic oxidation sites excluding steroid dienone is 2. The summed E-state index contributed by atoms with van der Waals surface area (Å²) in [5.41, 5.74) is -1.52. The zero-order chi connectivity index (χ0) is 10.9. The maximum atomic E-state index is 10.9. The van der Waals surface area contributed by atoms with Crippen molar-refractivity contribution in [2.75, 3.05) is 0 Å². The molecule has 4 nitrogen and oxygen atoms in total. The Hall–Kier alpha value is -1.49. The number of thiocarbonyl (C=S) groups is 1. The van der Waals surface area contributed by atoms with Crippen LogP contribution in [-0.4, -0.2) is 27.0 Å². The van der Waals surface area contributed by atoms with E-state index in [1.807, 2.05) is 0 Å². The fourth-order valence-corrected chi connectivity index (χ4v) is 1.42. The standard InChI is InChI=1S/C9H8O4S/c1-9(8(12)13)4-2-3-5(6(9)14)7(10)11/h2-4H,1H3,(H,10,11)(H,12,13). The van der Waals surface area contributed by atoms with Gasteiger partial charge < -0.3 is 10.2 Å². The molecule has 1 aliphatic carbocycles. The van der Waals surface area contributed by atoms with Gasteiger partial charge in [-0.25, -0.2) is 4.79 Å². The van der Waals surface area contributed by atoms with E-state index in [1.54, 1.807) is 0 Å². The molecule has 5 heteroatoms. The van der Waals surface area contributed by atoms with Crippen LogP contribution < -0.4 is 0 Å². The van der Waals surface area contributed by atoms with Crippen LogP contribution in [0.3, 0.4) is 0 Å². The fraction of sp³-hybridized carbons (Fsp3) is 0.222. The van der Waals surface area contributed by atoms with Crippen molar-refractivity contribution in [2.24, 2.45) is 5.41 Å². The summed E-state index contributed by atoms with van der Waals surface area (Å²) in [6, 6.07) is 0. The van der Waals surface area contributed by atoms with E-state index in [9.17, 15) is 9.59 Å². The van der Waals surface area contributed by atoms with Crippen LogP contribution in [0.4, 0.5) is 0 Å². The number of carbonyl (C=O) groups is 2. The highest BCUT2D eigenvalue weighted by Gasteiger charge is 2.39. The zero-order valence-electron chi connectivity index (χ0n) is 7.35. The molecule has 0 bridgehead atoms. The zero-order valence-corrected chi connectivity index (χ0v) is 8.17. The molecule has 0 aromatic carbocycles. The minimum absolute atomic E-state index is 0.0694. The summed E-state index contributed by atoms with van der Waals surface area (Å²) in [5.74, 6) is -2.35. The maximum absolute atomic E-state index is 10.9. The van der Waals surface area contributed by atoms with Crippen LogP contribution in [-0.2, 0) is 9.59 Å². The van der Waals surface area contributed by atoms with Gasteiger partial charge in [0.25, 0.3) is 0 Å². The number of aliphatic carboxylic acids is 2. The lowest BCUT2D eigenvalue weighted by Gasteiger charge is -2.24. The van der Waals surface area contributed by atoms with Crippen molar-refractivity contribution >= 4 is 29.0 Å². The molecule has 0 aromatic rings. The average molecular weight is 212 g/mol. The second-order valence-corrected chi connectivity index (χ2v) is 3.49. The van der Waals surface area contributed by atoms with Gasteiger partial charge in [0.05, 0.1) is 10.4 Å². The number of hydrogen-bond donors (Lipinski definition) is 2. The van der Waals surface area contributed by atoms with Gasteiger partial charge in [-0.1, -0.05) is 24.4 Å². The summed E-state index contributed by atoms with van der Waals surface area (Å²) in [6.07, 6.45) is 4.08. The maximum Gasteiger partial charge on any atom is 0.336 e. The van der Waals surface area contributed by atoms with E-state index >= 15 is 0 Å². The van der Waals surface area contributed by atoms with Crippen LogP contribution in [0.2, 0.25) is 0 Å². The molecular weight excluding hydrogens is 204 g/mol. The van der Waals surface area contributed by atoms with E-state index in [1.165, 1.54) is 25.2 Å². The monoisotopic (exact) mass is 212 g/mol. The van der Waals surface area contributed by atoms with Gasteiger partial charge in [0, 0.05) is 0 Å². The minimum Gasteiger partial charge on any atom is -0.480 e. The predicted molar refractivity (Wildman–Crippen MR) is 53.2 cm³/mol. The topological polar surface area (TPSA) is 74.6 Å². The highest BCUT2D eigenvalue weighted by atomic mass is 32.1. The number of rotatable bonds is 2. The van der Waals surface area contributed by atoms with Crippen molar-refractivity contribution in [3.05, 3.63) is 23.8 Å². The van der Waals surface area contributed by atoms with Gasteiger partial charge >= 0.3 is 11.9 Å². The Balaban J connectivity index is 3.19. The Kier molecular flexibility index (Phi) is 2.53. The molecule has 0 amide bonds. The fourth-order valence-electron chi connectivity index (χ4n) is 1.10. The summed E-state index contributed by atoms with van der Waals surface area (Å²) in [5, 5.41) is 17.6. The molecule has 2 N–H and O–H groups in total. The first-order chi connectivity index (χ1) is 6.39. The molecule has 1 aliphatic rings. The van der Waals surface area contributed by atoms with E-state index in [2.05, 4.69) is 0 Å². The van der Waals surface area contributed by atoms with Crippen molar-refractivity contribution in [1.82, 2.24) is 0 Å². The summed E-state index contributed by atoms with van der Waals surface area (Å²) < 4.78 is 0. The Morgan fingerprint density at radius 1 is 1.43 bits per heavy atom. The minimum atomic E-state index is -1.39. The van der Waals surface area contributed by atoms with Crippen LogP contribution >= 0.6 is 12.2 Å². The highest BCUT2D eigenvalue weighted by Crippen LogP contribution is 2.29. The lowest BCUT2D eigenvalue weighted by atomic mass is 9.80. The molecule has 0 spiro atoms. The Bertz CT molecular complexity index is 380. The quantitative estimate of drug-likeness (QED) is 0.668. The second kappa shape index (κ2) is 3.34. The van der Waals surface area contributed by atoms with Gasteiger partial charge in [-0.15, -0.1) is 0 Å². The molecule has 0 fully saturated rings. The molecule has 74 valence electrons. The molecule has 0 radical (unpaired) electrons. The molecule has 0 aliphatic heterocycles. The van der Waals surface area contributed by atoms with Gasteiger partial charge in [0.2, 0.25) is 0 Å². The second-order valence-electron chi connectivity index (χ2n) is 3.08. The predicted octanol–water partition coefficient (Wildman–Crippen LogP) is 1.03. The van der Waals surface area contributed by atoms with E-state index in [4.69, 9.17) is 22.4 Å².